The fraction of sp³-hybridized carbons (Fsp3) is 0.353. The third-order valence-corrected chi connectivity index (χ3v) is 3.44. The van der Waals surface area contributed by atoms with Gasteiger partial charge < -0.3 is 15.0 Å². The Bertz CT molecular complexity index is 589. The standard InChI is InChI=1S/C17H22N2O2/c1-3-19(4-2)17(20)18-12-13-21-16-11-7-9-14-8-5-6-10-15(14)16/h5-11H,3-4,12-13H2,1-2H3,(H,18,20). The first-order chi connectivity index (χ1) is 10.3. The summed E-state index contributed by atoms with van der Waals surface area (Å²) in [6.45, 7) is 6.32. The molecule has 0 saturated heterocycles. The average molecular weight is 286 g/mol. The average Bonchev–Trinajstić information content (AvgIpc) is 2.53. The van der Waals surface area contributed by atoms with Gasteiger partial charge >= 0.3 is 6.03 Å². The highest BCUT2D eigenvalue weighted by atomic mass is 16.5. The lowest BCUT2D eigenvalue weighted by atomic mass is 10.1. The maximum Gasteiger partial charge on any atom is 0.317 e. The molecule has 0 radical (unpaired) electrons. The predicted octanol–water partition coefficient (Wildman–Crippen LogP) is 3.27. The normalized spacial score (nSPS) is 10.4. The molecule has 0 aliphatic carbocycles. The number of benzene rings is 2. The molecular formula is C17H22N2O2. The van der Waals surface area contributed by atoms with Gasteiger partial charge in [-0.1, -0.05) is 36.4 Å². The maximum atomic E-state index is 11.8. The van der Waals surface area contributed by atoms with Crippen molar-refractivity contribution in [1.29, 1.82) is 0 Å². The SMILES string of the molecule is CCN(CC)C(=O)NCCOc1cccc2ccccc12. The molecule has 0 unspecified atom stereocenters. The molecule has 0 saturated carbocycles. The predicted molar refractivity (Wildman–Crippen MR) is 85.8 cm³/mol. The number of urea groups is 1. The zero-order chi connectivity index (χ0) is 15.1. The monoisotopic (exact) mass is 286 g/mol. The number of nitrogens with one attached hydrogen (secondary N) is 1. The fourth-order valence-corrected chi connectivity index (χ4v) is 2.26. The van der Waals surface area contributed by atoms with E-state index < -0.39 is 0 Å². The van der Waals surface area contributed by atoms with E-state index in [1.165, 1.54) is 0 Å². The molecule has 0 spiro atoms. The van der Waals surface area contributed by atoms with Gasteiger partial charge in [-0.3, -0.25) is 0 Å². The van der Waals surface area contributed by atoms with Crippen LogP contribution in [0.1, 0.15) is 13.8 Å². The number of nitrogens with zero attached hydrogens (tertiary/aromatic N) is 1. The van der Waals surface area contributed by atoms with Crippen LogP contribution in [0.25, 0.3) is 10.8 Å². The summed E-state index contributed by atoms with van der Waals surface area (Å²) in [6, 6.07) is 14.1. The van der Waals surface area contributed by atoms with Crippen molar-refractivity contribution in [2.75, 3.05) is 26.2 Å². The molecule has 0 aliphatic heterocycles. The Kier molecular flexibility index (Phi) is 5.43. The number of amides is 2. The van der Waals surface area contributed by atoms with Crippen LogP contribution in [0.2, 0.25) is 0 Å². The third-order valence-electron chi connectivity index (χ3n) is 3.44. The van der Waals surface area contributed by atoms with Crippen molar-refractivity contribution in [3.63, 3.8) is 0 Å². The van der Waals surface area contributed by atoms with Crippen molar-refractivity contribution in [3.05, 3.63) is 42.5 Å². The number of carbonyl (C=O) groups excluding carboxylic acids is 1. The van der Waals surface area contributed by atoms with Gasteiger partial charge in [-0.2, -0.15) is 0 Å². The van der Waals surface area contributed by atoms with Crippen LogP contribution in [0, 0.1) is 0 Å². The van der Waals surface area contributed by atoms with Gasteiger partial charge in [-0.25, -0.2) is 4.79 Å². The fourth-order valence-electron chi connectivity index (χ4n) is 2.26. The highest BCUT2D eigenvalue weighted by Crippen LogP contribution is 2.24. The molecule has 2 rings (SSSR count). The molecule has 2 aromatic carbocycles. The number of rotatable bonds is 6. The zero-order valence-electron chi connectivity index (χ0n) is 12.6. The molecule has 0 bridgehead atoms. The second-order valence-corrected chi connectivity index (χ2v) is 4.73. The van der Waals surface area contributed by atoms with E-state index in [2.05, 4.69) is 17.4 Å². The van der Waals surface area contributed by atoms with Gasteiger partial charge in [0.05, 0.1) is 6.54 Å². The van der Waals surface area contributed by atoms with E-state index in [0.29, 0.717) is 26.2 Å². The van der Waals surface area contributed by atoms with Crippen molar-refractivity contribution >= 4 is 16.8 Å². The summed E-state index contributed by atoms with van der Waals surface area (Å²) in [6.07, 6.45) is 0. The van der Waals surface area contributed by atoms with Gasteiger partial charge in [0.15, 0.2) is 0 Å². The second-order valence-electron chi connectivity index (χ2n) is 4.73. The van der Waals surface area contributed by atoms with E-state index in [0.717, 1.165) is 16.5 Å². The largest absolute Gasteiger partial charge is 0.491 e. The minimum Gasteiger partial charge on any atom is -0.491 e. The van der Waals surface area contributed by atoms with Crippen LogP contribution in [-0.2, 0) is 0 Å². The molecule has 0 aliphatic rings. The summed E-state index contributed by atoms with van der Waals surface area (Å²) >= 11 is 0. The van der Waals surface area contributed by atoms with E-state index in [1.807, 2.05) is 44.2 Å². The molecule has 2 amide bonds. The van der Waals surface area contributed by atoms with Crippen molar-refractivity contribution in [1.82, 2.24) is 10.2 Å². The Morgan fingerprint density at radius 1 is 1.10 bits per heavy atom. The highest BCUT2D eigenvalue weighted by Gasteiger charge is 2.08. The summed E-state index contributed by atoms with van der Waals surface area (Å²) < 4.78 is 5.78. The van der Waals surface area contributed by atoms with Gasteiger partial charge in [0.25, 0.3) is 0 Å². The molecule has 21 heavy (non-hydrogen) atoms. The Morgan fingerprint density at radius 2 is 1.81 bits per heavy atom. The van der Waals surface area contributed by atoms with E-state index in [4.69, 9.17) is 4.74 Å². The minimum absolute atomic E-state index is 0.0403. The van der Waals surface area contributed by atoms with E-state index in [9.17, 15) is 4.79 Å². The Morgan fingerprint density at radius 3 is 2.57 bits per heavy atom. The Labute approximate surface area is 125 Å². The summed E-state index contributed by atoms with van der Waals surface area (Å²) in [4.78, 5) is 13.5. The molecular weight excluding hydrogens is 264 g/mol. The van der Waals surface area contributed by atoms with Crippen LogP contribution < -0.4 is 10.1 Å². The molecule has 0 aromatic heterocycles. The van der Waals surface area contributed by atoms with Crippen molar-refractivity contribution in [2.45, 2.75) is 13.8 Å². The summed E-state index contributed by atoms with van der Waals surface area (Å²) in [5.41, 5.74) is 0. The van der Waals surface area contributed by atoms with Crippen LogP contribution in [-0.4, -0.2) is 37.2 Å². The molecule has 0 atom stereocenters. The van der Waals surface area contributed by atoms with Crippen LogP contribution in [0.3, 0.4) is 0 Å². The quantitative estimate of drug-likeness (QED) is 0.828. The highest BCUT2D eigenvalue weighted by molar-refractivity contribution is 5.88. The summed E-state index contributed by atoms with van der Waals surface area (Å²) in [7, 11) is 0. The first kappa shape index (κ1) is 15.2. The van der Waals surface area contributed by atoms with Gasteiger partial charge in [0.1, 0.15) is 12.4 Å². The number of hydrogen-bond donors (Lipinski definition) is 1. The number of hydrogen-bond acceptors (Lipinski definition) is 2. The van der Waals surface area contributed by atoms with Crippen molar-refractivity contribution in [2.24, 2.45) is 0 Å². The second kappa shape index (κ2) is 7.53. The molecule has 112 valence electrons. The molecule has 4 heteroatoms. The van der Waals surface area contributed by atoms with Crippen LogP contribution >= 0.6 is 0 Å². The minimum atomic E-state index is -0.0403. The van der Waals surface area contributed by atoms with Crippen LogP contribution in [0.4, 0.5) is 4.79 Å². The lowest BCUT2D eigenvalue weighted by Gasteiger charge is -2.19. The Balaban J connectivity index is 1.87. The smallest absolute Gasteiger partial charge is 0.317 e. The van der Waals surface area contributed by atoms with Crippen molar-refractivity contribution < 1.29 is 9.53 Å². The van der Waals surface area contributed by atoms with E-state index in [-0.39, 0.29) is 6.03 Å². The lowest BCUT2D eigenvalue weighted by molar-refractivity contribution is 0.200. The first-order valence-corrected chi connectivity index (χ1v) is 7.39. The van der Waals surface area contributed by atoms with Gasteiger partial charge in [0, 0.05) is 18.5 Å². The van der Waals surface area contributed by atoms with E-state index >= 15 is 0 Å². The van der Waals surface area contributed by atoms with Crippen LogP contribution in [0.5, 0.6) is 5.75 Å². The molecule has 0 fully saturated rings. The van der Waals surface area contributed by atoms with Gasteiger partial charge in [-0.05, 0) is 25.3 Å². The van der Waals surface area contributed by atoms with E-state index in [1.54, 1.807) is 4.90 Å². The zero-order valence-corrected chi connectivity index (χ0v) is 12.6. The van der Waals surface area contributed by atoms with Gasteiger partial charge in [0.2, 0.25) is 0 Å². The number of fused-ring (bicyclic) bond motifs is 1. The molecule has 4 nitrogen and oxygen atoms in total. The number of ether oxygens (including phenoxy) is 1. The van der Waals surface area contributed by atoms with Crippen LogP contribution in [0.15, 0.2) is 42.5 Å². The van der Waals surface area contributed by atoms with Gasteiger partial charge in [-0.15, -0.1) is 0 Å². The first-order valence-electron chi connectivity index (χ1n) is 7.39. The Hall–Kier alpha value is -2.23. The summed E-state index contributed by atoms with van der Waals surface area (Å²) in [5.74, 6) is 0.852. The van der Waals surface area contributed by atoms with Crippen molar-refractivity contribution in [3.8, 4) is 5.75 Å². The maximum absolute atomic E-state index is 11.8. The third kappa shape index (κ3) is 3.88. The number of carbonyl (C=O) groups is 1. The topological polar surface area (TPSA) is 41.6 Å². The molecule has 1 N–H and O–H groups in total. The molecule has 2 aromatic rings. The lowest BCUT2D eigenvalue weighted by Crippen LogP contribution is -2.41. The molecule has 0 heterocycles. The summed E-state index contributed by atoms with van der Waals surface area (Å²) in [5, 5.41) is 5.11.